The van der Waals surface area contributed by atoms with Gasteiger partial charge in [-0.1, -0.05) is 26.7 Å². The Kier molecular flexibility index (Phi) is 6.32. The van der Waals surface area contributed by atoms with Crippen molar-refractivity contribution >= 4 is 5.91 Å². The summed E-state index contributed by atoms with van der Waals surface area (Å²) in [5.74, 6) is 6.23. The Morgan fingerprint density at radius 3 is 2.55 bits per heavy atom. The lowest BCUT2D eigenvalue weighted by Crippen LogP contribution is -2.56. The van der Waals surface area contributed by atoms with E-state index in [0.717, 1.165) is 35.5 Å². The maximum Gasteiger partial charge on any atom is 0.251 e. The molecule has 4 saturated carbocycles. The molecule has 4 aliphatic rings. The van der Waals surface area contributed by atoms with Crippen LogP contribution in [0.2, 0.25) is 0 Å². The van der Waals surface area contributed by atoms with Crippen molar-refractivity contribution in [2.24, 2.45) is 46.8 Å². The van der Waals surface area contributed by atoms with Crippen molar-refractivity contribution in [2.75, 3.05) is 0 Å². The second-order valence-corrected chi connectivity index (χ2v) is 12.4. The summed E-state index contributed by atoms with van der Waals surface area (Å²) in [6, 6.07) is 9.35. The van der Waals surface area contributed by atoms with Gasteiger partial charge in [0.1, 0.15) is 0 Å². The van der Waals surface area contributed by atoms with E-state index in [1.807, 2.05) is 0 Å². The van der Waals surface area contributed by atoms with E-state index in [-0.39, 0.29) is 11.9 Å². The summed E-state index contributed by atoms with van der Waals surface area (Å²) in [6.45, 7) is 7.29. The molecule has 33 heavy (non-hydrogen) atoms. The molecule has 3 unspecified atom stereocenters. The first-order chi connectivity index (χ1) is 15.9. The van der Waals surface area contributed by atoms with Crippen molar-refractivity contribution in [3.05, 3.63) is 35.4 Å². The lowest BCUT2D eigenvalue weighted by Gasteiger charge is -2.61. The first-order valence-electron chi connectivity index (χ1n) is 13.7. The third kappa shape index (κ3) is 4.13. The fraction of sp³-hybridized carbons (Fsp3) is 0.733. The van der Waals surface area contributed by atoms with Gasteiger partial charge < -0.3 is 5.32 Å². The minimum absolute atomic E-state index is 0.00299. The molecule has 0 aliphatic heterocycles. The molecule has 3 nitrogen and oxygen atoms in total. The van der Waals surface area contributed by atoms with Crippen molar-refractivity contribution in [1.82, 2.24) is 5.32 Å². The third-order valence-electron chi connectivity index (χ3n) is 10.8. The van der Waals surface area contributed by atoms with E-state index in [9.17, 15) is 4.79 Å². The van der Waals surface area contributed by atoms with Crippen LogP contribution in [-0.2, 0) is 0 Å². The molecule has 4 aliphatic carbocycles. The van der Waals surface area contributed by atoms with Crippen LogP contribution < -0.4 is 5.32 Å². The standard InChI is InChI=1S/C30H42N2O/c1-19-7-13-24-23(17-19)12-14-26-25(24)15-16-30(3)27(5-4-6-28(26)30)20(2)32-29(33)22-10-8-21(18-31)9-11-22/h8-11,19-20,23-28H,4-7,12-17H2,1-3H3,(H,32,33)/t19-,20+,23?,24-,25?,26+,27+,28?,30+/m0/s1. The number of nitriles is 1. The highest BCUT2D eigenvalue weighted by Crippen LogP contribution is 2.63. The van der Waals surface area contributed by atoms with Crippen LogP contribution in [0.3, 0.4) is 0 Å². The normalized spacial score (nSPS) is 41.0. The molecule has 1 aromatic rings. The molecule has 3 heteroatoms. The van der Waals surface area contributed by atoms with E-state index in [1.54, 1.807) is 24.3 Å². The number of rotatable bonds is 3. The highest BCUT2D eigenvalue weighted by Gasteiger charge is 2.56. The van der Waals surface area contributed by atoms with Crippen molar-refractivity contribution in [3.8, 4) is 6.07 Å². The van der Waals surface area contributed by atoms with Gasteiger partial charge in [0.25, 0.3) is 5.91 Å². The quantitative estimate of drug-likeness (QED) is 0.545. The molecular weight excluding hydrogens is 404 g/mol. The smallest absolute Gasteiger partial charge is 0.251 e. The van der Waals surface area contributed by atoms with Crippen molar-refractivity contribution in [1.29, 1.82) is 5.26 Å². The molecular formula is C30H42N2O. The van der Waals surface area contributed by atoms with Crippen LogP contribution in [0, 0.1) is 58.2 Å². The fourth-order valence-corrected chi connectivity index (χ4v) is 9.24. The van der Waals surface area contributed by atoms with E-state index in [0.29, 0.717) is 22.5 Å². The number of nitrogens with one attached hydrogen (secondary N) is 1. The minimum atomic E-state index is 0.00299. The average molecular weight is 447 g/mol. The van der Waals surface area contributed by atoms with E-state index in [2.05, 4.69) is 32.2 Å². The molecule has 5 rings (SSSR count). The van der Waals surface area contributed by atoms with Crippen LogP contribution in [0.1, 0.15) is 101 Å². The van der Waals surface area contributed by atoms with Crippen LogP contribution in [0.15, 0.2) is 24.3 Å². The number of amides is 1. The lowest BCUT2D eigenvalue weighted by molar-refractivity contribution is -0.114. The van der Waals surface area contributed by atoms with E-state index in [1.165, 1.54) is 64.2 Å². The van der Waals surface area contributed by atoms with Gasteiger partial charge in [-0.25, -0.2) is 0 Å². The molecule has 0 saturated heterocycles. The number of nitrogens with zero attached hydrogens (tertiary/aromatic N) is 1. The second-order valence-electron chi connectivity index (χ2n) is 12.4. The second kappa shape index (κ2) is 9.09. The topological polar surface area (TPSA) is 52.9 Å². The van der Waals surface area contributed by atoms with Crippen molar-refractivity contribution in [3.63, 3.8) is 0 Å². The van der Waals surface area contributed by atoms with Crippen LogP contribution in [0.5, 0.6) is 0 Å². The third-order valence-corrected chi connectivity index (χ3v) is 10.8. The molecule has 0 spiro atoms. The molecule has 4 fully saturated rings. The zero-order chi connectivity index (χ0) is 23.2. The number of fused-ring (bicyclic) bond motifs is 5. The molecule has 1 aromatic carbocycles. The zero-order valence-corrected chi connectivity index (χ0v) is 20.9. The van der Waals surface area contributed by atoms with Gasteiger partial charge in [0, 0.05) is 11.6 Å². The Bertz CT molecular complexity index is 901. The number of benzene rings is 1. The molecule has 1 N–H and O–H groups in total. The maximum atomic E-state index is 13.0. The Hall–Kier alpha value is -1.82. The average Bonchev–Trinajstić information content (AvgIpc) is 2.82. The highest BCUT2D eigenvalue weighted by molar-refractivity contribution is 5.94. The van der Waals surface area contributed by atoms with E-state index >= 15 is 0 Å². The summed E-state index contributed by atoms with van der Waals surface area (Å²) in [7, 11) is 0. The van der Waals surface area contributed by atoms with Crippen LogP contribution >= 0.6 is 0 Å². The summed E-state index contributed by atoms with van der Waals surface area (Å²) >= 11 is 0. The van der Waals surface area contributed by atoms with Crippen molar-refractivity contribution < 1.29 is 4.79 Å². The van der Waals surface area contributed by atoms with Crippen LogP contribution in [0.4, 0.5) is 0 Å². The van der Waals surface area contributed by atoms with Gasteiger partial charge in [-0.2, -0.15) is 5.26 Å². The zero-order valence-electron chi connectivity index (χ0n) is 20.9. The Morgan fingerprint density at radius 1 is 1.03 bits per heavy atom. The summed E-state index contributed by atoms with van der Waals surface area (Å²) in [5, 5.41) is 12.4. The highest BCUT2D eigenvalue weighted by atomic mass is 16.1. The predicted molar refractivity (Wildman–Crippen MR) is 132 cm³/mol. The number of hydrogen-bond donors (Lipinski definition) is 1. The van der Waals surface area contributed by atoms with Gasteiger partial charge in [-0.3, -0.25) is 4.79 Å². The monoisotopic (exact) mass is 446 g/mol. The van der Waals surface area contributed by atoms with Gasteiger partial charge >= 0.3 is 0 Å². The maximum absolute atomic E-state index is 13.0. The minimum Gasteiger partial charge on any atom is -0.349 e. The first kappa shape index (κ1) is 22.9. The van der Waals surface area contributed by atoms with Crippen LogP contribution in [-0.4, -0.2) is 11.9 Å². The Balaban J connectivity index is 1.29. The number of hydrogen-bond acceptors (Lipinski definition) is 2. The first-order valence-corrected chi connectivity index (χ1v) is 13.7. The van der Waals surface area contributed by atoms with Gasteiger partial charge in [0.2, 0.25) is 0 Å². The molecule has 1 amide bonds. The van der Waals surface area contributed by atoms with Gasteiger partial charge in [0.05, 0.1) is 11.6 Å². The number of carbonyl (C=O) groups is 1. The van der Waals surface area contributed by atoms with Gasteiger partial charge in [0.15, 0.2) is 0 Å². The molecule has 0 bridgehead atoms. The Labute approximate surface area is 200 Å². The predicted octanol–water partition coefficient (Wildman–Crippen LogP) is 6.97. The summed E-state index contributed by atoms with van der Waals surface area (Å²) < 4.78 is 0. The number of carbonyl (C=O) groups excluding carboxylic acids is 1. The molecule has 9 atom stereocenters. The molecule has 178 valence electrons. The van der Waals surface area contributed by atoms with E-state index < -0.39 is 0 Å². The summed E-state index contributed by atoms with van der Waals surface area (Å²) in [4.78, 5) is 13.0. The van der Waals surface area contributed by atoms with Crippen LogP contribution in [0.25, 0.3) is 0 Å². The molecule has 0 aromatic heterocycles. The van der Waals surface area contributed by atoms with Gasteiger partial charge in [-0.15, -0.1) is 0 Å². The van der Waals surface area contributed by atoms with Crippen molar-refractivity contribution in [2.45, 2.75) is 91.0 Å². The Morgan fingerprint density at radius 2 is 1.79 bits per heavy atom. The largest absolute Gasteiger partial charge is 0.349 e. The summed E-state index contributed by atoms with van der Waals surface area (Å²) in [5.41, 5.74) is 1.61. The fourth-order valence-electron chi connectivity index (χ4n) is 9.24. The van der Waals surface area contributed by atoms with Gasteiger partial charge in [-0.05, 0) is 129 Å². The molecule has 0 heterocycles. The SMILES string of the molecule is C[C@H]1CC[C@H]2C(CC[C@@H]3C2CC[C@@]2(C)C3CCC[C@@H]2[C@@H](C)NC(=O)c2ccc(C#N)cc2)C1. The van der Waals surface area contributed by atoms with E-state index in [4.69, 9.17) is 5.26 Å². The molecule has 0 radical (unpaired) electrons. The summed E-state index contributed by atoms with van der Waals surface area (Å²) in [6.07, 6.45) is 14.1. The lowest BCUT2D eigenvalue weighted by atomic mass is 9.44.